The molecule has 0 radical (unpaired) electrons. The first-order valence-corrected chi connectivity index (χ1v) is 9.17. The van der Waals surface area contributed by atoms with Gasteiger partial charge in [0.15, 0.2) is 6.61 Å². The third kappa shape index (κ3) is 3.45. The Hall–Kier alpha value is -3.08. The van der Waals surface area contributed by atoms with Crippen molar-refractivity contribution < 1.29 is 14.3 Å². The maximum Gasteiger partial charge on any atom is 0.338 e. The van der Waals surface area contributed by atoms with Crippen molar-refractivity contribution in [1.82, 2.24) is 9.13 Å². The molecule has 0 aliphatic heterocycles. The first-order chi connectivity index (χ1) is 13.0. The molecule has 5 nitrogen and oxygen atoms in total. The first kappa shape index (κ1) is 17.3. The van der Waals surface area contributed by atoms with Gasteiger partial charge in [-0.3, -0.25) is 4.79 Å². The molecule has 1 fully saturated rings. The van der Waals surface area contributed by atoms with E-state index in [2.05, 4.69) is 4.57 Å². The fraction of sp³-hybridized carbons (Fsp3) is 0.273. The van der Waals surface area contributed by atoms with Crippen LogP contribution in [0.3, 0.4) is 0 Å². The summed E-state index contributed by atoms with van der Waals surface area (Å²) in [7, 11) is 0. The van der Waals surface area contributed by atoms with Crippen molar-refractivity contribution in [3.05, 3.63) is 77.4 Å². The van der Waals surface area contributed by atoms with Crippen LogP contribution in [0, 0.1) is 13.8 Å². The van der Waals surface area contributed by atoms with E-state index in [0.29, 0.717) is 17.2 Å². The smallest absolute Gasteiger partial charge is 0.338 e. The van der Waals surface area contributed by atoms with Gasteiger partial charge in [0.25, 0.3) is 0 Å². The van der Waals surface area contributed by atoms with E-state index in [1.54, 1.807) is 18.2 Å². The highest BCUT2D eigenvalue weighted by molar-refractivity contribution is 6.00. The zero-order chi connectivity index (χ0) is 19.0. The van der Waals surface area contributed by atoms with E-state index in [1.807, 2.05) is 55.1 Å². The number of aromatic nitrogens is 2. The molecule has 5 heteroatoms. The lowest BCUT2D eigenvalue weighted by atomic mass is 10.1. The molecule has 1 saturated carbocycles. The molecule has 3 aromatic rings. The average Bonchev–Trinajstić information content (AvgIpc) is 3.24. The molecule has 0 unspecified atom stereocenters. The second kappa shape index (κ2) is 6.91. The van der Waals surface area contributed by atoms with Crippen LogP contribution in [0.4, 0.5) is 0 Å². The van der Waals surface area contributed by atoms with Gasteiger partial charge in [0.2, 0.25) is 5.78 Å². The minimum atomic E-state index is -0.492. The van der Waals surface area contributed by atoms with Crippen LogP contribution < -0.4 is 0 Å². The van der Waals surface area contributed by atoms with Crippen LogP contribution in [-0.4, -0.2) is 27.5 Å². The fourth-order valence-electron chi connectivity index (χ4n) is 3.55. The molecule has 1 aromatic carbocycles. The van der Waals surface area contributed by atoms with Gasteiger partial charge in [0, 0.05) is 41.1 Å². The lowest BCUT2D eigenvalue weighted by Crippen LogP contribution is -2.15. The van der Waals surface area contributed by atoms with E-state index < -0.39 is 5.97 Å². The lowest BCUT2D eigenvalue weighted by Gasteiger charge is -2.08. The Morgan fingerprint density at radius 3 is 2.52 bits per heavy atom. The van der Waals surface area contributed by atoms with Gasteiger partial charge in [0.1, 0.15) is 0 Å². The van der Waals surface area contributed by atoms with Crippen LogP contribution >= 0.6 is 0 Å². The maximum atomic E-state index is 12.6. The summed E-state index contributed by atoms with van der Waals surface area (Å²) in [6.45, 7) is 3.73. The van der Waals surface area contributed by atoms with Crippen LogP contribution in [0.5, 0.6) is 0 Å². The van der Waals surface area contributed by atoms with Gasteiger partial charge in [-0.25, -0.2) is 4.79 Å². The summed E-state index contributed by atoms with van der Waals surface area (Å²) in [5, 5.41) is 0. The number of nitrogens with zero attached hydrogens (tertiary/aromatic N) is 2. The minimum absolute atomic E-state index is 0.162. The van der Waals surface area contributed by atoms with Gasteiger partial charge in [-0.15, -0.1) is 0 Å². The number of ether oxygens (including phenoxy) is 1. The number of Topliss-reactive ketones (excluding diaryl/α,β-unsaturated/α-hetero) is 1. The largest absolute Gasteiger partial charge is 0.454 e. The van der Waals surface area contributed by atoms with Crippen LogP contribution in [0.1, 0.15) is 51.0 Å². The summed E-state index contributed by atoms with van der Waals surface area (Å²) in [6, 6.07) is 13.4. The zero-order valence-electron chi connectivity index (χ0n) is 15.5. The number of aryl methyl sites for hydroxylation is 1. The molecule has 0 atom stereocenters. The highest BCUT2D eigenvalue weighted by Gasteiger charge is 2.28. The van der Waals surface area contributed by atoms with Gasteiger partial charge in [-0.05, 0) is 63.1 Å². The number of ketones is 1. The van der Waals surface area contributed by atoms with Crippen LogP contribution in [0.15, 0.2) is 54.9 Å². The second-order valence-electron chi connectivity index (χ2n) is 7.03. The quantitative estimate of drug-likeness (QED) is 0.486. The minimum Gasteiger partial charge on any atom is -0.454 e. The normalized spacial score (nSPS) is 13.6. The number of rotatable bonds is 6. The van der Waals surface area contributed by atoms with E-state index in [-0.39, 0.29) is 12.4 Å². The molecule has 1 aliphatic carbocycles. The molecule has 0 amide bonds. The predicted octanol–water partition coefficient (Wildman–Crippen LogP) is 4.27. The number of benzene rings is 1. The van der Waals surface area contributed by atoms with Crippen molar-refractivity contribution in [2.75, 3.05) is 6.61 Å². The topological polar surface area (TPSA) is 53.2 Å². The molecule has 0 saturated heterocycles. The molecule has 0 N–H and O–H groups in total. The van der Waals surface area contributed by atoms with Crippen LogP contribution in [0.2, 0.25) is 0 Å². The highest BCUT2D eigenvalue weighted by atomic mass is 16.5. The molecular formula is C22H22N2O3. The van der Waals surface area contributed by atoms with Crippen molar-refractivity contribution in [1.29, 1.82) is 0 Å². The number of hydrogen-bond donors (Lipinski definition) is 0. The number of carbonyl (C=O) groups excluding carboxylic acids is 2. The molecule has 27 heavy (non-hydrogen) atoms. The van der Waals surface area contributed by atoms with Crippen molar-refractivity contribution in [3.8, 4) is 5.69 Å². The lowest BCUT2D eigenvalue weighted by molar-refractivity contribution is 0.0474. The van der Waals surface area contributed by atoms with E-state index in [9.17, 15) is 9.59 Å². The summed E-state index contributed by atoms with van der Waals surface area (Å²) >= 11 is 0. The highest BCUT2D eigenvalue weighted by Crippen LogP contribution is 2.38. The Bertz CT molecular complexity index is 995. The van der Waals surface area contributed by atoms with E-state index in [0.717, 1.165) is 29.9 Å². The van der Waals surface area contributed by atoms with Gasteiger partial charge in [-0.1, -0.05) is 6.07 Å². The summed E-state index contributed by atoms with van der Waals surface area (Å²) in [6.07, 6.45) is 6.14. The SMILES string of the molecule is Cc1cc(C(=O)COC(=O)c2cccc(-n3cccc3)c2)c(C)n1C1CC1. The molecule has 0 spiro atoms. The third-order valence-electron chi connectivity index (χ3n) is 5.02. The molecule has 138 valence electrons. The Morgan fingerprint density at radius 2 is 1.81 bits per heavy atom. The molecule has 2 heterocycles. The number of carbonyl (C=O) groups is 2. The van der Waals surface area contributed by atoms with Crippen molar-refractivity contribution in [2.45, 2.75) is 32.7 Å². The third-order valence-corrected chi connectivity index (χ3v) is 5.02. The van der Waals surface area contributed by atoms with Crippen molar-refractivity contribution >= 4 is 11.8 Å². The molecule has 1 aliphatic rings. The van der Waals surface area contributed by atoms with Gasteiger partial charge >= 0.3 is 5.97 Å². The summed E-state index contributed by atoms with van der Waals surface area (Å²) in [4.78, 5) is 25.0. The molecule has 4 rings (SSSR count). The van der Waals surface area contributed by atoms with Crippen molar-refractivity contribution in [3.63, 3.8) is 0 Å². The summed E-state index contributed by atoms with van der Waals surface area (Å²) in [5.41, 5.74) is 3.99. The number of hydrogen-bond acceptors (Lipinski definition) is 3. The van der Waals surface area contributed by atoms with E-state index in [1.165, 1.54) is 0 Å². The Labute approximate surface area is 158 Å². The second-order valence-corrected chi connectivity index (χ2v) is 7.03. The maximum absolute atomic E-state index is 12.6. The molecule has 2 aromatic heterocycles. The fourth-order valence-corrected chi connectivity index (χ4v) is 3.55. The monoisotopic (exact) mass is 362 g/mol. The number of esters is 1. The molecular weight excluding hydrogens is 340 g/mol. The Morgan fingerprint density at radius 1 is 1.07 bits per heavy atom. The van der Waals surface area contributed by atoms with Crippen molar-refractivity contribution in [2.24, 2.45) is 0 Å². The zero-order valence-corrected chi connectivity index (χ0v) is 15.5. The average molecular weight is 362 g/mol. The Balaban J connectivity index is 1.44. The molecule has 0 bridgehead atoms. The standard InChI is InChI=1S/C22H22N2O3/c1-15-12-20(16(2)24(15)18-8-9-18)21(25)14-27-22(26)17-6-5-7-19(13-17)23-10-3-4-11-23/h3-7,10-13,18H,8-9,14H2,1-2H3. The summed E-state index contributed by atoms with van der Waals surface area (Å²) < 4.78 is 9.42. The van der Waals surface area contributed by atoms with Gasteiger partial charge in [-0.2, -0.15) is 0 Å². The van der Waals surface area contributed by atoms with Gasteiger partial charge in [0.05, 0.1) is 5.56 Å². The van der Waals surface area contributed by atoms with E-state index >= 15 is 0 Å². The Kier molecular flexibility index (Phi) is 4.44. The van der Waals surface area contributed by atoms with Gasteiger partial charge < -0.3 is 13.9 Å². The van der Waals surface area contributed by atoms with Crippen LogP contribution in [0.25, 0.3) is 5.69 Å². The van der Waals surface area contributed by atoms with E-state index in [4.69, 9.17) is 4.74 Å². The first-order valence-electron chi connectivity index (χ1n) is 9.17. The summed E-state index contributed by atoms with van der Waals surface area (Å²) in [5.74, 6) is -0.654. The van der Waals surface area contributed by atoms with Crippen LogP contribution in [-0.2, 0) is 4.74 Å². The predicted molar refractivity (Wildman–Crippen MR) is 103 cm³/mol.